The monoisotopic (exact) mass is 544 g/mol. The Labute approximate surface area is 224 Å². The topological polar surface area (TPSA) is 115 Å². The number of carboxylic acid groups (broad SMARTS) is 2. The van der Waals surface area contributed by atoms with Crippen LogP contribution in [0.4, 0.5) is 9.18 Å². The van der Waals surface area contributed by atoms with Crippen LogP contribution in [-0.2, 0) is 16.0 Å². The predicted octanol–water partition coefficient (Wildman–Crippen LogP) is 4.02. The van der Waals surface area contributed by atoms with Crippen LogP contribution in [0.3, 0.4) is 0 Å². The Morgan fingerprint density at radius 3 is 2.39 bits per heavy atom. The number of carbonyl (C=O) groups is 3. The highest BCUT2D eigenvalue weighted by Crippen LogP contribution is 2.28. The number of amides is 2. The lowest BCUT2D eigenvalue weighted by Gasteiger charge is -2.20. The molecule has 3 aromatic rings. The van der Waals surface area contributed by atoms with E-state index in [4.69, 9.17) is 21.8 Å². The highest BCUT2D eigenvalue weighted by molar-refractivity contribution is 6.31. The predicted molar refractivity (Wildman–Crippen MR) is 143 cm³/mol. The van der Waals surface area contributed by atoms with Crippen LogP contribution >= 0.6 is 11.6 Å². The number of carbonyl (C=O) groups excluding carboxylic acids is 1. The van der Waals surface area contributed by atoms with Gasteiger partial charge in [-0.15, -0.1) is 0 Å². The minimum Gasteiger partial charge on any atom is -0.478 e. The summed E-state index contributed by atoms with van der Waals surface area (Å²) in [5.41, 5.74) is 3.22. The van der Waals surface area contributed by atoms with Crippen molar-refractivity contribution in [3.8, 4) is 5.69 Å². The van der Waals surface area contributed by atoms with Gasteiger partial charge in [0.25, 0.3) is 0 Å². The Hall–Kier alpha value is -3.89. The van der Waals surface area contributed by atoms with Gasteiger partial charge in [-0.05, 0) is 74.5 Å². The number of aliphatic carboxylic acids is 2. The molecule has 1 aromatic heterocycles. The molecule has 9 nitrogen and oxygen atoms in total. The number of urea groups is 1. The molecule has 2 heterocycles. The average molecular weight is 545 g/mol. The molecule has 0 bridgehead atoms. The van der Waals surface area contributed by atoms with Gasteiger partial charge in [-0.25, -0.2) is 18.8 Å². The van der Waals surface area contributed by atoms with E-state index in [9.17, 15) is 18.8 Å². The number of halogens is 2. The van der Waals surface area contributed by atoms with Gasteiger partial charge in [-0.1, -0.05) is 11.6 Å². The number of aromatic nitrogens is 1. The molecule has 1 saturated heterocycles. The molecule has 202 valence electrons. The lowest BCUT2D eigenvalue weighted by Crippen LogP contribution is -2.35. The first-order valence-electron chi connectivity index (χ1n) is 12.0. The molecular weight excluding hydrogens is 515 g/mol. The standard InChI is InChI=1S/C23H26ClFN4O.C4H4O4/c1-27(13-14-28-12-10-26-23(28)30)11-2-3-17-16-29(20-7-5-19(25)6-8-20)22-9-4-18(24)15-21(17)22;5-3(6)1-2-4(7)8/h4-9,15-16H,2-3,10-14H2,1H3,(H,26,30);1-2H,(H,5,6)(H,7,8). The molecule has 3 N–H and O–H groups in total. The maximum atomic E-state index is 13.3. The quantitative estimate of drug-likeness (QED) is 0.332. The van der Waals surface area contributed by atoms with Crippen LogP contribution in [-0.4, -0.2) is 82.3 Å². The number of nitrogens with one attached hydrogen (secondary N) is 1. The molecule has 11 heteroatoms. The van der Waals surface area contributed by atoms with Crippen molar-refractivity contribution < 1.29 is 29.0 Å². The van der Waals surface area contributed by atoms with Crippen LogP contribution in [0.2, 0.25) is 5.02 Å². The summed E-state index contributed by atoms with van der Waals surface area (Å²) < 4.78 is 15.4. The summed E-state index contributed by atoms with van der Waals surface area (Å²) in [4.78, 5) is 34.9. The molecule has 0 saturated carbocycles. The largest absolute Gasteiger partial charge is 0.478 e. The summed E-state index contributed by atoms with van der Waals surface area (Å²) in [6.45, 7) is 4.08. The van der Waals surface area contributed by atoms with Crippen LogP contribution in [0.5, 0.6) is 0 Å². The van der Waals surface area contributed by atoms with Crippen LogP contribution in [0.25, 0.3) is 16.6 Å². The van der Waals surface area contributed by atoms with Gasteiger partial charge >= 0.3 is 18.0 Å². The third-order valence-electron chi connectivity index (χ3n) is 6.01. The van der Waals surface area contributed by atoms with E-state index < -0.39 is 11.9 Å². The molecule has 0 spiro atoms. The third kappa shape index (κ3) is 8.32. The summed E-state index contributed by atoms with van der Waals surface area (Å²) in [7, 11) is 2.09. The summed E-state index contributed by atoms with van der Waals surface area (Å²) in [5, 5.41) is 20.3. The van der Waals surface area contributed by atoms with Crippen LogP contribution in [0, 0.1) is 5.82 Å². The Bertz CT molecular complexity index is 1290. The molecule has 1 aliphatic rings. The van der Waals surface area contributed by atoms with Crippen LogP contribution in [0.15, 0.2) is 60.8 Å². The van der Waals surface area contributed by atoms with Gasteiger partial charge in [0.15, 0.2) is 0 Å². The number of fused-ring (bicyclic) bond motifs is 1. The van der Waals surface area contributed by atoms with E-state index in [1.807, 2.05) is 23.1 Å². The van der Waals surface area contributed by atoms with Gasteiger partial charge in [0.05, 0.1) is 5.52 Å². The zero-order valence-electron chi connectivity index (χ0n) is 20.9. The smallest absolute Gasteiger partial charge is 0.328 e. The van der Waals surface area contributed by atoms with E-state index in [1.165, 1.54) is 17.7 Å². The van der Waals surface area contributed by atoms with Gasteiger partial charge in [0.1, 0.15) is 5.82 Å². The molecular formula is C27H30ClFN4O5. The molecule has 0 unspecified atom stereocenters. The van der Waals surface area contributed by atoms with Crippen molar-refractivity contribution in [1.82, 2.24) is 19.7 Å². The number of nitrogens with zero attached hydrogens (tertiary/aromatic N) is 3. The molecule has 2 aromatic carbocycles. The first kappa shape index (κ1) is 28.7. The fourth-order valence-electron chi connectivity index (χ4n) is 4.09. The highest BCUT2D eigenvalue weighted by Gasteiger charge is 2.19. The van der Waals surface area contributed by atoms with Crippen molar-refractivity contribution in [2.45, 2.75) is 12.8 Å². The number of likely N-dealkylation sites (N-methyl/N-ethyl adjacent to an activating group) is 1. The van der Waals surface area contributed by atoms with Gasteiger partial charge in [-0.2, -0.15) is 0 Å². The van der Waals surface area contributed by atoms with Crippen molar-refractivity contribution >= 4 is 40.5 Å². The molecule has 2 amide bonds. The van der Waals surface area contributed by atoms with E-state index in [2.05, 4.69) is 28.0 Å². The second kappa shape index (κ2) is 13.6. The van der Waals surface area contributed by atoms with Gasteiger partial charge in [0, 0.05) is 60.6 Å². The normalized spacial score (nSPS) is 13.2. The summed E-state index contributed by atoms with van der Waals surface area (Å²) in [6.07, 6.45) is 5.16. The number of hydrogen-bond acceptors (Lipinski definition) is 4. The molecule has 38 heavy (non-hydrogen) atoms. The SMILES string of the molecule is CN(CCCc1cn(-c2ccc(F)cc2)c2ccc(Cl)cc12)CCN1CCNC1=O.O=C(O)C=CC(=O)O. The molecule has 1 fully saturated rings. The number of rotatable bonds is 10. The van der Waals surface area contributed by atoms with E-state index in [-0.39, 0.29) is 11.8 Å². The van der Waals surface area contributed by atoms with E-state index in [0.717, 1.165) is 62.2 Å². The minimum atomic E-state index is -1.26. The Balaban J connectivity index is 0.000000436. The second-order valence-corrected chi connectivity index (χ2v) is 9.23. The van der Waals surface area contributed by atoms with Crippen molar-refractivity contribution in [3.05, 3.63) is 77.2 Å². The maximum Gasteiger partial charge on any atom is 0.328 e. The van der Waals surface area contributed by atoms with Crippen molar-refractivity contribution in [3.63, 3.8) is 0 Å². The van der Waals surface area contributed by atoms with E-state index >= 15 is 0 Å². The van der Waals surface area contributed by atoms with E-state index in [1.54, 1.807) is 12.1 Å². The molecule has 0 atom stereocenters. The Kier molecular flexibility index (Phi) is 10.3. The number of benzene rings is 2. The summed E-state index contributed by atoms with van der Waals surface area (Å²) >= 11 is 6.26. The van der Waals surface area contributed by atoms with Crippen LogP contribution in [0.1, 0.15) is 12.0 Å². The summed E-state index contributed by atoms with van der Waals surface area (Å²) in [6, 6.07) is 12.5. The Morgan fingerprint density at radius 2 is 1.79 bits per heavy atom. The average Bonchev–Trinajstić information content (AvgIpc) is 3.45. The first-order chi connectivity index (χ1) is 18.1. The van der Waals surface area contributed by atoms with Crippen LogP contribution < -0.4 is 5.32 Å². The first-order valence-corrected chi connectivity index (χ1v) is 12.4. The van der Waals surface area contributed by atoms with Gasteiger partial charge in [0.2, 0.25) is 0 Å². The maximum absolute atomic E-state index is 13.3. The van der Waals surface area contributed by atoms with E-state index in [0.29, 0.717) is 17.2 Å². The minimum absolute atomic E-state index is 0.0360. The summed E-state index contributed by atoms with van der Waals surface area (Å²) in [5.74, 6) is -2.76. The van der Waals surface area contributed by atoms with Gasteiger partial charge < -0.3 is 29.9 Å². The fraction of sp³-hybridized carbons (Fsp3) is 0.296. The number of carboxylic acids is 2. The molecule has 0 radical (unpaired) electrons. The third-order valence-corrected chi connectivity index (χ3v) is 6.24. The van der Waals surface area contributed by atoms with Crippen molar-refractivity contribution in [1.29, 1.82) is 0 Å². The number of aryl methyl sites for hydroxylation is 1. The molecule has 1 aliphatic heterocycles. The zero-order chi connectivity index (χ0) is 27.7. The van der Waals surface area contributed by atoms with Crippen molar-refractivity contribution in [2.24, 2.45) is 0 Å². The van der Waals surface area contributed by atoms with Crippen molar-refractivity contribution in [2.75, 3.05) is 39.8 Å². The molecule has 4 rings (SSSR count). The van der Waals surface area contributed by atoms with Gasteiger partial charge in [-0.3, -0.25) is 0 Å². The fourth-order valence-corrected chi connectivity index (χ4v) is 4.27. The lowest BCUT2D eigenvalue weighted by atomic mass is 10.1. The molecule has 0 aliphatic carbocycles. The highest BCUT2D eigenvalue weighted by atomic mass is 35.5. The lowest BCUT2D eigenvalue weighted by molar-refractivity contribution is -0.134. The number of hydrogen-bond donors (Lipinski definition) is 3. The second-order valence-electron chi connectivity index (χ2n) is 8.80. The zero-order valence-corrected chi connectivity index (χ0v) is 21.7. The Morgan fingerprint density at radius 1 is 1.11 bits per heavy atom.